The molecular formula is C15H22N2O3. The number of nitrogens with one attached hydrogen (secondary N) is 1. The molecule has 1 aromatic carbocycles. The zero-order valence-electron chi connectivity index (χ0n) is 12.0. The Balaban J connectivity index is 2.71. The zero-order valence-corrected chi connectivity index (χ0v) is 12.0. The molecule has 0 aliphatic rings. The summed E-state index contributed by atoms with van der Waals surface area (Å²) in [5.74, 6) is -1.21. The highest BCUT2D eigenvalue weighted by atomic mass is 16.5. The van der Waals surface area contributed by atoms with Crippen molar-refractivity contribution >= 4 is 11.9 Å². The normalized spacial score (nSPS) is 13.3. The SMILES string of the molecule is CCCC(NC(=O)C(N)C(=O)OCC)c1ccccc1. The van der Waals surface area contributed by atoms with E-state index in [-0.39, 0.29) is 12.6 Å². The molecule has 0 aliphatic carbocycles. The van der Waals surface area contributed by atoms with Gasteiger partial charge in [0.05, 0.1) is 12.6 Å². The monoisotopic (exact) mass is 278 g/mol. The molecule has 1 amide bonds. The Morgan fingerprint density at radius 3 is 2.45 bits per heavy atom. The molecule has 2 atom stereocenters. The average Bonchev–Trinajstić information content (AvgIpc) is 2.47. The zero-order chi connectivity index (χ0) is 15.0. The van der Waals surface area contributed by atoms with Crippen LogP contribution in [0.5, 0.6) is 0 Å². The van der Waals surface area contributed by atoms with Crippen molar-refractivity contribution in [3.63, 3.8) is 0 Å². The van der Waals surface area contributed by atoms with Crippen molar-refractivity contribution in [1.82, 2.24) is 5.32 Å². The van der Waals surface area contributed by atoms with Crippen molar-refractivity contribution < 1.29 is 14.3 Å². The van der Waals surface area contributed by atoms with Crippen LogP contribution in [0.2, 0.25) is 0 Å². The number of carbonyl (C=O) groups excluding carboxylic acids is 2. The van der Waals surface area contributed by atoms with E-state index in [1.165, 1.54) is 0 Å². The third kappa shape index (κ3) is 4.66. The number of hydrogen-bond donors (Lipinski definition) is 2. The molecule has 0 saturated heterocycles. The van der Waals surface area contributed by atoms with E-state index < -0.39 is 17.9 Å². The lowest BCUT2D eigenvalue weighted by molar-refractivity contribution is -0.148. The first-order valence-electron chi connectivity index (χ1n) is 6.87. The molecule has 5 nitrogen and oxygen atoms in total. The lowest BCUT2D eigenvalue weighted by atomic mass is 10.0. The Hall–Kier alpha value is -1.88. The largest absolute Gasteiger partial charge is 0.464 e. The molecule has 0 bridgehead atoms. The second-order valence-corrected chi connectivity index (χ2v) is 4.49. The summed E-state index contributed by atoms with van der Waals surface area (Å²) < 4.78 is 4.75. The summed E-state index contributed by atoms with van der Waals surface area (Å²) >= 11 is 0. The van der Waals surface area contributed by atoms with Gasteiger partial charge in [-0.15, -0.1) is 0 Å². The van der Waals surface area contributed by atoms with Crippen molar-refractivity contribution in [3.8, 4) is 0 Å². The van der Waals surface area contributed by atoms with Crippen LogP contribution in [-0.2, 0) is 14.3 Å². The van der Waals surface area contributed by atoms with E-state index in [1.807, 2.05) is 37.3 Å². The lowest BCUT2D eigenvalue weighted by Crippen LogP contribution is -2.47. The summed E-state index contributed by atoms with van der Waals surface area (Å²) in [6.45, 7) is 3.91. The molecule has 0 radical (unpaired) electrons. The maximum absolute atomic E-state index is 12.0. The standard InChI is InChI=1S/C15H22N2O3/c1-3-8-12(11-9-6-5-7-10-11)17-14(18)13(16)15(19)20-4-2/h5-7,9-10,12-13H,3-4,8,16H2,1-2H3,(H,17,18). The molecule has 110 valence electrons. The highest BCUT2D eigenvalue weighted by Crippen LogP contribution is 2.18. The molecule has 2 unspecified atom stereocenters. The van der Waals surface area contributed by atoms with E-state index in [1.54, 1.807) is 6.92 Å². The minimum atomic E-state index is -1.28. The van der Waals surface area contributed by atoms with E-state index >= 15 is 0 Å². The van der Waals surface area contributed by atoms with Crippen molar-refractivity contribution in [2.45, 2.75) is 38.8 Å². The van der Waals surface area contributed by atoms with E-state index in [4.69, 9.17) is 10.5 Å². The molecule has 1 aromatic rings. The second-order valence-electron chi connectivity index (χ2n) is 4.49. The van der Waals surface area contributed by atoms with Gasteiger partial charge in [0.1, 0.15) is 0 Å². The van der Waals surface area contributed by atoms with Crippen LogP contribution in [0.25, 0.3) is 0 Å². The fraction of sp³-hybridized carbons (Fsp3) is 0.467. The van der Waals surface area contributed by atoms with E-state index in [0.29, 0.717) is 0 Å². The Kier molecular flexibility index (Phi) is 6.73. The van der Waals surface area contributed by atoms with Crippen LogP contribution in [-0.4, -0.2) is 24.5 Å². The molecule has 0 spiro atoms. The van der Waals surface area contributed by atoms with Crippen LogP contribution < -0.4 is 11.1 Å². The van der Waals surface area contributed by atoms with Crippen LogP contribution in [0.4, 0.5) is 0 Å². The maximum Gasteiger partial charge on any atom is 0.332 e. The molecule has 0 heterocycles. The molecule has 0 fully saturated rings. The number of amides is 1. The minimum Gasteiger partial charge on any atom is -0.464 e. The van der Waals surface area contributed by atoms with Gasteiger partial charge in [0, 0.05) is 0 Å². The van der Waals surface area contributed by atoms with Gasteiger partial charge >= 0.3 is 5.97 Å². The number of carbonyl (C=O) groups is 2. The summed E-state index contributed by atoms with van der Waals surface area (Å²) in [6.07, 6.45) is 1.69. The Bertz CT molecular complexity index is 434. The Morgan fingerprint density at radius 2 is 1.90 bits per heavy atom. The summed E-state index contributed by atoms with van der Waals surface area (Å²) in [7, 11) is 0. The smallest absolute Gasteiger partial charge is 0.332 e. The molecule has 0 aromatic heterocycles. The number of nitrogens with two attached hydrogens (primary N) is 1. The predicted molar refractivity (Wildman–Crippen MR) is 76.8 cm³/mol. The third-order valence-corrected chi connectivity index (χ3v) is 2.92. The number of ether oxygens (including phenoxy) is 1. The summed E-state index contributed by atoms with van der Waals surface area (Å²) in [6, 6.07) is 8.20. The van der Waals surface area contributed by atoms with Gasteiger partial charge in [-0.05, 0) is 18.9 Å². The quantitative estimate of drug-likeness (QED) is 0.585. The van der Waals surface area contributed by atoms with Crippen LogP contribution in [0.3, 0.4) is 0 Å². The fourth-order valence-electron chi connectivity index (χ4n) is 1.90. The van der Waals surface area contributed by atoms with Gasteiger partial charge in [-0.2, -0.15) is 0 Å². The lowest BCUT2D eigenvalue weighted by Gasteiger charge is -2.20. The van der Waals surface area contributed by atoms with Gasteiger partial charge < -0.3 is 15.8 Å². The highest BCUT2D eigenvalue weighted by molar-refractivity contribution is 6.01. The van der Waals surface area contributed by atoms with Crippen LogP contribution in [0.15, 0.2) is 30.3 Å². The Labute approximate surface area is 119 Å². The van der Waals surface area contributed by atoms with E-state index in [0.717, 1.165) is 18.4 Å². The number of rotatable bonds is 7. The predicted octanol–water partition coefficient (Wildman–Crippen LogP) is 1.53. The molecule has 0 aliphatic heterocycles. The molecule has 1 rings (SSSR count). The fourth-order valence-corrected chi connectivity index (χ4v) is 1.90. The third-order valence-electron chi connectivity index (χ3n) is 2.92. The first-order chi connectivity index (χ1) is 9.60. The summed E-state index contributed by atoms with van der Waals surface area (Å²) in [5, 5.41) is 2.81. The minimum absolute atomic E-state index is 0.144. The van der Waals surface area contributed by atoms with Crippen molar-refractivity contribution in [3.05, 3.63) is 35.9 Å². The Morgan fingerprint density at radius 1 is 1.25 bits per heavy atom. The van der Waals surface area contributed by atoms with Crippen LogP contribution in [0, 0.1) is 0 Å². The topological polar surface area (TPSA) is 81.4 Å². The van der Waals surface area contributed by atoms with E-state index in [2.05, 4.69) is 5.32 Å². The van der Waals surface area contributed by atoms with E-state index in [9.17, 15) is 9.59 Å². The molecule has 3 N–H and O–H groups in total. The van der Waals surface area contributed by atoms with Crippen molar-refractivity contribution in [2.24, 2.45) is 5.73 Å². The van der Waals surface area contributed by atoms with Gasteiger partial charge in [-0.3, -0.25) is 4.79 Å². The summed E-state index contributed by atoms with van der Waals surface area (Å²) in [5.41, 5.74) is 6.58. The molecule has 5 heteroatoms. The van der Waals surface area contributed by atoms with Gasteiger partial charge in [0.25, 0.3) is 0 Å². The maximum atomic E-state index is 12.0. The molecule has 0 saturated carbocycles. The number of benzene rings is 1. The first kappa shape index (κ1) is 16.2. The van der Waals surface area contributed by atoms with Crippen molar-refractivity contribution in [1.29, 1.82) is 0 Å². The first-order valence-corrected chi connectivity index (χ1v) is 6.87. The van der Waals surface area contributed by atoms with Crippen LogP contribution in [0.1, 0.15) is 38.3 Å². The average molecular weight is 278 g/mol. The van der Waals surface area contributed by atoms with Crippen LogP contribution >= 0.6 is 0 Å². The highest BCUT2D eigenvalue weighted by Gasteiger charge is 2.25. The van der Waals surface area contributed by atoms with Gasteiger partial charge in [-0.25, -0.2) is 4.79 Å². The summed E-state index contributed by atoms with van der Waals surface area (Å²) in [4.78, 5) is 23.4. The number of hydrogen-bond acceptors (Lipinski definition) is 4. The van der Waals surface area contributed by atoms with Gasteiger partial charge in [0.2, 0.25) is 5.91 Å². The molecule has 20 heavy (non-hydrogen) atoms. The second kappa shape index (κ2) is 8.32. The van der Waals surface area contributed by atoms with Crippen molar-refractivity contribution in [2.75, 3.05) is 6.61 Å². The van der Waals surface area contributed by atoms with Gasteiger partial charge in [0.15, 0.2) is 6.04 Å². The molecular weight excluding hydrogens is 256 g/mol. The number of esters is 1. The van der Waals surface area contributed by atoms with Gasteiger partial charge in [-0.1, -0.05) is 43.7 Å².